The lowest BCUT2D eigenvalue weighted by molar-refractivity contribution is -0.0553. The van der Waals surface area contributed by atoms with Crippen molar-refractivity contribution >= 4 is 17.3 Å². The highest BCUT2D eigenvalue weighted by atomic mass is 35.5. The molecule has 1 aliphatic rings. The van der Waals surface area contributed by atoms with Gasteiger partial charge in [0.05, 0.1) is 30.6 Å². The smallest absolute Gasteiger partial charge is 0.287 e. The predicted octanol–water partition coefficient (Wildman–Crippen LogP) is 1.26. The first kappa shape index (κ1) is 15.3. The molecular formula is C13H20ClN3O3. The fourth-order valence-corrected chi connectivity index (χ4v) is 2.60. The summed E-state index contributed by atoms with van der Waals surface area (Å²) in [6.45, 7) is 4.75. The van der Waals surface area contributed by atoms with Crippen molar-refractivity contribution in [1.82, 2.24) is 9.78 Å². The molecule has 1 aliphatic heterocycles. The van der Waals surface area contributed by atoms with E-state index in [0.717, 1.165) is 17.5 Å². The largest absolute Gasteiger partial charge is 0.394 e. The first-order chi connectivity index (χ1) is 9.43. The van der Waals surface area contributed by atoms with Crippen LogP contribution < -0.4 is 10.9 Å². The molecule has 7 heteroatoms. The summed E-state index contributed by atoms with van der Waals surface area (Å²) in [6, 6.07) is 0.200. The first-order valence-electron chi connectivity index (χ1n) is 6.70. The first-order valence-corrected chi connectivity index (χ1v) is 7.08. The molecule has 2 heterocycles. The number of halogens is 1. The lowest BCUT2D eigenvalue weighted by atomic mass is 9.94. The van der Waals surface area contributed by atoms with E-state index in [2.05, 4.69) is 10.4 Å². The fraction of sp³-hybridized carbons (Fsp3) is 0.692. The number of hydrogen-bond acceptors (Lipinski definition) is 5. The Balaban J connectivity index is 2.14. The zero-order chi connectivity index (χ0) is 14.8. The fourth-order valence-electron chi connectivity index (χ4n) is 2.39. The van der Waals surface area contributed by atoms with Gasteiger partial charge in [-0.25, -0.2) is 4.68 Å². The number of aromatic nitrogens is 2. The molecule has 1 fully saturated rings. The maximum Gasteiger partial charge on any atom is 0.287 e. The number of aliphatic hydroxyl groups is 1. The van der Waals surface area contributed by atoms with Crippen LogP contribution in [0.4, 0.5) is 5.69 Å². The van der Waals surface area contributed by atoms with E-state index in [0.29, 0.717) is 12.3 Å². The minimum Gasteiger partial charge on any atom is -0.394 e. The highest BCUT2D eigenvalue weighted by Gasteiger charge is 2.29. The topological polar surface area (TPSA) is 76.4 Å². The molecule has 1 unspecified atom stereocenters. The van der Waals surface area contributed by atoms with E-state index in [1.165, 1.54) is 6.20 Å². The Bertz CT molecular complexity index is 530. The van der Waals surface area contributed by atoms with E-state index >= 15 is 0 Å². The maximum atomic E-state index is 11.9. The van der Waals surface area contributed by atoms with Crippen LogP contribution in [0.2, 0.25) is 5.02 Å². The van der Waals surface area contributed by atoms with E-state index in [1.807, 2.05) is 13.8 Å². The van der Waals surface area contributed by atoms with Crippen LogP contribution in [-0.4, -0.2) is 39.7 Å². The third-order valence-corrected chi connectivity index (χ3v) is 3.72. The molecular weight excluding hydrogens is 282 g/mol. The Morgan fingerprint density at radius 1 is 1.65 bits per heavy atom. The van der Waals surface area contributed by atoms with Crippen molar-refractivity contribution in [3.8, 4) is 0 Å². The minimum absolute atomic E-state index is 0.109. The third-order valence-electron chi connectivity index (χ3n) is 3.35. The molecule has 1 saturated heterocycles. The van der Waals surface area contributed by atoms with Gasteiger partial charge in [-0.15, -0.1) is 0 Å². The summed E-state index contributed by atoms with van der Waals surface area (Å²) in [7, 11) is 0. The lowest BCUT2D eigenvalue weighted by Crippen LogP contribution is -2.40. The van der Waals surface area contributed by atoms with Crippen LogP contribution in [0.5, 0.6) is 0 Å². The van der Waals surface area contributed by atoms with Gasteiger partial charge in [0.15, 0.2) is 0 Å². The summed E-state index contributed by atoms with van der Waals surface area (Å²) in [4.78, 5) is 11.9. The molecule has 0 radical (unpaired) electrons. The summed E-state index contributed by atoms with van der Waals surface area (Å²) in [6.07, 6.45) is 3.23. The Morgan fingerprint density at radius 2 is 2.40 bits per heavy atom. The normalized spacial score (nSPS) is 21.7. The van der Waals surface area contributed by atoms with Gasteiger partial charge >= 0.3 is 0 Å². The highest BCUT2D eigenvalue weighted by molar-refractivity contribution is 6.32. The van der Waals surface area contributed by atoms with Crippen LogP contribution >= 0.6 is 11.6 Å². The molecule has 0 spiro atoms. The van der Waals surface area contributed by atoms with Crippen LogP contribution in [0.25, 0.3) is 0 Å². The number of rotatable bonds is 4. The van der Waals surface area contributed by atoms with Gasteiger partial charge in [0, 0.05) is 12.6 Å². The van der Waals surface area contributed by atoms with Gasteiger partial charge in [-0.05, 0) is 26.7 Å². The van der Waals surface area contributed by atoms with E-state index in [9.17, 15) is 4.79 Å². The van der Waals surface area contributed by atoms with Crippen molar-refractivity contribution in [1.29, 1.82) is 0 Å². The average Bonchev–Trinajstić information content (AvgIpc) is 2.37. The maximum absolute atomic E-state index is 11.9. The predicted molar refractivity (Wildman–Crippen MR) is 77.3 cm³/mol. The Labute approximate surface area is 122 Å². The number of nitrogens with zero attached hydrogens (tertiary/aromatic N) is 2. The molecule has 2 rings (SSSR count). The van der Waals surface area contributed by atoms with Crippen LogP contribution in [0, 0.1) is 0 Å². The molecule has 2 N–H and O–H groups in total. The van der Waals surface area contributed by atoms with Crippen molar-refractivity contribution < 1.29 is 9.84 Å². The van der Waals surface area contributed by atoms with Crippen LogP contribution in [-0.2, 0) is 11.3 Å². The summed E-state index contributed by atoms with van der Waals surface area (Å²) < 4.78 is 6.81. The molecule has 0 saturated carbocycles. The molecule has 1 aromatic rings. The molecule has 112 valence electrons. The van der Waals surface area contributed by atoms with E-state index < -0.39 is 5.56 Å². The SMILES string of the molecule is CC1(C)CC(Nc2cnn(CCO)c(=O)c2Cl)CCO1. The van der Waals surface area contributed by atoms with E-state index in [-0.39, 0.29) is 29.8 Å². The molecule has 0 aromatic carbocycles. The third kappa shape index (κ3) is 3.50. The Morgan fingerprint density at radius 3 is 3.05 bits per heavy atom. The van der Waals surface area contributed by atoms with Crippen molar-refractivity contribution in [2.75, 3.05) is 18.5 Å². The monoisotopic (exact) mass is 301 g/mol. The zero-order valence-corrected chi connectivity index (χ0v) is 12.5. The van der Waals surface area contributed by atoms with Gasteiger partial charge in [0.1, 0.15) is 5.02 Å². The number of nitrogens with one attached hydrogen (secondary N) is 1. The minimum atomic E-state index is -0.392. The van der Waals surface area contributed by atoms with Gasteiger partial charge < -0.3 is 15.2 Å². The molecule has 1 aromatic heterocycles. The quantitative estimate of drug-likeness (QED) is 0.875. The highest BCUT2D eigenvalue weighted by Crippen LogP contribution is 2.27. The second-order valence-electron chi connectivity index (χ2n) is 5.57. The molecule has 6 nitrogen and oxygen atoms in total. The number of anilines is 1. The van der Waals surface area contributed by atoms with E-state index in [4.69, 9.17) is 21.4 Å². The van der Waals surface area contributed by atoms with Crippen molar-refractivity contribution in [2.24, 2.45) is 0 Å². The number of hydrogen-bond donors (Lipinski definition) is 2. The molecule has 20 heavy (non-hydrogen) atoms. The van der Waals surface area contributed by atoms with Gasteiger partial charge in [0.2, 0.25) is 0 Å². The van der Waals surface area contributed by atoms with Gasteiger partial charge in [-0.1, -0.05) is 11.6 Å². The summed E-state index contributed by atoms with van der Waals surface area (Å²) in [5.74, 6) is 0. The van der Waals surface area contributed by atoms with Crippen LogP contribution in [0.15, 0.2) is 11.0 Å². The Kier molecular flexibility index (Phi) is 4.67. The van der Waals surface area contributed by atoms with Gasteiger partial charge in [-0.2, -0.15) is 5.10 Å². The summed E-state index contributed by atoms with van der Waals surface area (Å²) >= 11 is 6.08. The Hall–Kier alpha value is -1.11. The lowest BCUT2D eigenvalue weighted by Gasteiger charge is -2.36. The number of ether oxygens (including phenoxy) is 1. The zero-order valence-electron chi connectivity index (χ0n) is 11.7. The average molecular weight is 302 g/mol. The molecule has 1 atom stereocenters. The summed E-state index contributed by atoms with van der Waals surface area (Å²) in [5.41, 5.74) is -0.0348. The van der Waals surface area contributed by atoms with Crippen molar-refractivity contribution in [3.05, 3.63) is 21.6 Å². The molecule has 0 bridgehead atoms. The standard InChI is InChI=1S/C13H20ClN3O3/c1-13(2)7-9(3-6-20-13)16-10-8-15-17(4-5-18)12(19)11(10)14/h8-9,16,18H,3-7H2,1-2H3. The second-order valence-corrected chi connectivity index (χ2v) is 5.94. The van der Waals surface area contributed by atoms with Crippen molar-refractivity contribution in [3.63, 3.8) is 0 Å². The van der Waals surface area contributed by atoms with Crippen LogP contribution in [0.1, 0.15) is 26.7 Å². The van der Waals surface area contributed by atoms with Gasteiger partial charge in [0.25, 0.3) is 5.56 Å². The summed E-state index contributed by atoms with van der Waals surface area (Å²) in [5, 5.41) is 16.2. The van der Waals surface area contributed by atoms with Gasteiger partial charge in [-0.3, -0.25) is 4.79 Å². The number of aliphatic hydroxyl groups excluding tert-OH is 1. The van der Waals surface area contributed by atoms with Crippen molar-refractivity contribution in [2.45, 2.75) is 44.9 Å². The second kappa shape index (κ2) is 6.11. The van der Waals surface area contributed by atoms with E-state index in [1.54, 1.807) is 0 Å². The molecule has 0 aliphatic carbocycles. The van der Waals surface area contributed by atoms with Crippen LogP contribution in [0.3, 0.4) is 0 Å². The molecule has 0 amide bonds.